The number of benzene rings is 2. The van der Waals surface area contributed by atoms with Crippen molar-refractivity contribution in [1.82, 2.24) is 15.2 Å². The molecule has 1 saturated heterocycles. The lowest BCUT2D eigenvalue weighted by atomic mass is 9.91. The van der Waals surface area contributed by atoms with E-state index < -0.39 is 35.8 Å². The normalized spacial score (nSPS) is 16.9. The number of nitrogens with zero attached hydrogens (tertiary/aromatic N) is 3. The summed E-state index contributed by atoms with van der Waals surface area (Å²) in [5, 5.41) is 7.20. The van der Waals surface area contributed by atoms with Crippen LogP contribution in [0.4, 0.5) is 15.6 Å². The van der Waals surface area contributed by atoms with Gasteiger partial charge in [-0.15, -0.1) is 11.3 Å². The van der Waals surface area contributed by atoms with Crippen LogP contribution in [0.15, 0.2) is 60.0 Å². The molecule has 2 aromatic carbocycles. The van der Waals surface area contributed by atoms with Crippen molar-refractivity contribution in [3.05, 3.63) is 76.8 Å². The van der Waals surface area contributed by atoms with Gasteiger partial charge in [0.1, 0.15) is 17.8 Å². The first-order valence-corrected chi connectivity index (χ1v) is 12.3. The summed E-state index contributed by atoms with van der Waals surface area (Å²) < 4.78 is 0. The zero-order valence-corrected chi connectivity index (χ0v) is 21.2. The first-order valence-electron chi connectivity index (χ1n) is 11.4. The SMILES string of the molecule is CC(=O)c1csc(NC(=O)[C@H]([C@@H](C)c2ccccc2)N2C(=O)NC(c3ccc(N(C)C)cc3)C2=O)n1. The van der Waals surface area contributed by atoms with E-state index in [-0.39, 0.29) is 16.6 Å². The van der Waals surface area contributed by atoms with Crippen LogP contribution >= 0.6 is 11.3 Å². The van der Waals surface area contributed by atoms with Crippen molar-refractivity contribution in [2.75, 3.05) is 24.3 Å². The van der Waals surface area contributed by atoms with Gasteiger partial charge in [0.2, 0.25) is 5.91 Å². The van der Waals surface area contributed by atoms with Crippen molar-refractivity contribution in [2.45, 2.75) is 31.8 Å². The summed E-state index contributed by atoms with van der Waals surface area (Å²) in [6.45, 7) is 3.18. The first kappa shape index (κ1) is 25.1. The summed E-state index contributed by atoms with van der Waals surface area (Å²) in [5.74, 6) is -1.81. The zero-order chi connectivity index (χ0) is 26.0. The molecule has 0 aliphatic carbocycles. The second-order valence-electron chi connectivity index (χ2n) is 8.80. The Kier molecular flexibility index (Phi) is 7.16. The molecule has 186 valence electrons. The number of aromatic nitrogens is 1. The zero-order valence-electron chi connectivity index (χ0n) is 20.4. The average molecular weight is 506 g/mol. The number of rotatable bonds is 8. The Morgan fingerprint density at radius 3 is 2.33 bits per heavy atom. The molecule has 1 unspecified atom stereocenters. The van der Waals surface area contributed by atoms with E-state index >= 15 is 0 Å². The lowest BCUT2D eigenvalue weighted by Crippen LogP contribution is -2.50. The summed E-state index contributed by atoms with van der Waals surface area (Å²) in [5.41, 5.74) is 2.61. The fourth-order valence-corrected chi connectivity index (χ4v) is 4.88. The van der Waals surface area contributed by atoms with Crippen LogP contribution in [0.25, 0.3) is 0 Å². The molecule has 2 heterocycles. The second kappa shape index (κ2) is 10.3. The van der Waals surface area contributed by atoms with Crippen molar-refractivity contribution in [2.24, 2.45) is 0 Å². The summed E-state index contributed by atoms with van der Waals surface area (Å²) in [6.07, 6.45) is 0. The molecule has 3 aromatic rings. The van der Waals surface area contributed by atoms with Gasteiger partial charge in [0.25, 0.3) is 5.91 Å². The van der Waals surface area contributed by atoms with E-state index in [4.69, 9.17) is 0 Å². The fourth-order valence-electron chi connectivity index (χ4n) is 4.13. The van der Waals surface area contributed by atoms with Gasteiger partial charge < -0.3 is 15.5 Å². The Morgan fingerprint density at radius 1 is 1.08 bits per heavy atom. The number of imide groups is 1. The van der Waals surface area contributed by atoms with Gasteiger partial charge in [-0.05, 0) is 23.3 Å². The largest absolute Gasteiger partial charge is 0.378 e. The highest BCUT2D eigenvalue weighted by Crippen LogP contribution is 2.32. The van der Waals surface area contributed by atoms with Gasteiger partial charge in [-0.2, -0.15) is 0 Å². The molecule has 0 radical (unpaired) electrons. The van der Waals surface area contributed by atoms with Gasteiger partial charge in [0.05, 0.1) is 0 Å². The molecule has 0 bridgehead atoms. The van der Waals surface area contributed by atoms with Gasteiger partial charge >= 0.3 is 6.03 Å². The topological polar surface area (TPSA) is 112 Å². The molecule has 1 fully saturated rings. The van der Waals surface area contributed by atoms with E-state index in [1.807, 2.05) is 61.5 Å². The number of thiazole rings is 1. The molecule has 4 rings (SSSR count). The van der Waals surface area contributed by atoms with Crippen LogP contribution in [-0.2, 0) is 9.59 Å². The average Bonchev–Trinajstić information content (AvgIpc) is 3.45. The maximum absolute atomic E-state index is 13.6. The quantitative estimate of drug-likeness (QED) is 0.356. The molecule has 0 spiro atoms. The van der Waals surface area contributed by atoms with Crippen LogP contribution in [0, 0.1) is 0 Å². The Hall–Kier alpha value is -4.05. The third kappa shape index (κ3) is 4.99. The Balaban J connectivity index is 1.66. The van der Waals surface area contributed by atoms with E-state index in [2.05, 4.69) is 15.6 Å². The van der Waals surface area contributed by atoms with Crippen molar-refractivity contribution < 1.29 is 19.2 Å². The molecule has 1 aliphatic rings. The number of hydrogen-bond donors (Lipinski definition) is 2. The Bertz CT molecular complexity index is 1290. The number of amides is 4. The van der Waals surface area contributed by atoms with Crippen LogP contribution < -0.4 is 15.5 Å². The molecule has 36 heavy (non-hydrogen) atoms. The lowest BCUT2D eigenvalue weighted by Gasteiger charge is -2.29. The lowest BCUT2D eigenvalue weighted by molar-refractivity contribution is -0.134. The minimum Gasteiger partial charge on any atom is -0.378 e. The van der Waals surface area contributed by atoms with Gasteiger partial charge in [-0.25, -0.2) is 14.7 Å². The van der Waals surface area contributed by atoms with E-state index in [1.54, 1.807) is 24.4 Å². The predicted octanol–water partition coefficient (Wildman–Crippen LogP) is 3.82. The standard InChI is InChI=1S/C26H27N5O4S/c1-15(17-8-6-5-7-9-17)22(23(33)29-25-27-20(14-36-25)16(2)32)31-24(34)21(28-26(31)35)18-10-12-19(13-11-18)30(3)4/h5-15,21-22H,1-4H3,(H,28,35)(H,27,29,33)/t15-,21?,22-/m0/s1. The van der Waals surface area contributed by atoms with Crippen molar-refractivity contribution in [1.29, 1.82) is 0 Å². The minimum absolute atomic E-state index is 0.221. The number of hydrogen-bond acceptors (Lipinski definition) is 7. The molecular formula is C26H27N5O4S. The molecule has 1 aromatic heterocycles. The van der Waals surface area contributed by atoms with Crippen LogP contribution in [-0.4, -0.2) is 53.6 Å². The number of carbonyl (C=O) groups excluding carboxylic acids is 4. The second-order valence-corrected chi connectivity index (χ2v) is 9.66. The van der Waals surface area contributed by atoms with E-state index in [0.717, 1.165) is 27.5 Å². The van der Waals surface area contributed by atoms with Crippen molar-refractivity contribution in [3.8, 4) is 0 Å². The molecule has 9 nitrogen and oxygen atoms in total. The summed E-state index contributed by atoms with van der Waals surface area (Å²) in [4.78, 5) is 58.9. The number of Topliss-reactive ketones (excluding diaryl/α,β-unsaturated/α-hetero) is 1. The monoisotopic (exact) mass is 505 g/mol. The summed E-state index contributed by atoms with van der Waals surface area (Å²) >= 11 is 1.10. The van der Waals surface area contributed by atoms with Crippen molar-refractivity contribution >= 4 is 45.8 Å². The Labute approximate surface area is 213 Å². The minimum atomic E-state index is -1.14. The summed E-state index contributed by atoms with van der Waals surface area (Å²) in [6, 6.07) is 13.8. The van der Waals surface area contributed by atoms with Gasteiger partial charge in [-0.3, -0.25) is 14.4 Å². The highest BCUT2D eigenvalue weighted by Gasteiger charge is 2.47. The maximum Gasteiger partial charge on any atom is 0.325 e. The maximum atomic E-state index is 13.6. The highest BCUT2D eigenvalue weighted by atomic mass is 32.1. The molecule has 4 amide bonds. The van der Waals surface area contributed by atoms with Crippen LogP contribution in [0.3, 0.4) is 0 Å². The third-order valence-electron chi connectivity index (χ3n) is 6.15. The number of urea groups is 1. The van der Waals surface area contributed by atoms with Gasteiger partial charge in [0.15, 0.2) is 10.9 Å². The van der Waals surface area contributed by atoms with Crippen LogP contribution in [0.2, 0.25) is 0 Å². The van der Waals surface area contributed by atoms with Crippen molar-refractivity contribution in [3.63, 3.8) is 0 Å². The third-order valence-corrected chi connectivity index (χ3v) is 6.91. The van der Waals surface area contributed by atoms with E-state index in [0.29, 0.717) is 5.56 Å². The molecule has 2 N–H and O–H groups in total. The predicted molar refractivity (Wildman–Crippen MR) is 138 cm³/mol. The summed E-state index contributed by atoms with van der Waals surface area (Å²) in [7, 11) is 3.82. The number of nitrogens with one attached hydrogen (secondary N) is 2. The number of ketones is 1. The molecule has 1 aliphatic heterocycles. The fraction of sp³-hybridized carbons (Fsp3) is 0.269. The number of anilines is 2. The molecular weight excluding hydrogens is 478 g/mol. The van der Waals surface area contributed by atoms with Crippen LogP contribution in [0.5, 0.6) is 0 Å². The smallest absolute Gasteiger partial charge is 0.325 e. The van der Waals surface area contributed by atoms with Gasteiger partial charge in [-0.1, -0.05) is 49.4 Å². The van der Waals surface area contributed by atoms with E-state index in [1.165, 1.54) is 6.92 Å². The first-order chi connectivity index (χ1) is 17.2. The highest BCUT2D eigenvalue weighted by molar-refractivity contribution is 7.14. The van der Waals surface area contributed by atoms with E-state index in [9.17, 15) is 19.2 Å². The van der Waals surface area contributed by atoms with Crippen LogP contribution in [0.1, 0.15) is 47.4 Å². The molecule has 10 heteroatoms. The molecule has 3 atom stereocenters. The Morgan fingerprint density at radius 2 is 1.75 bits per heavy atom. The van der Waals surface area contributed by atoms with Gasteiger partial charge in [0, 0.05) is 38.0 Å². The number of carbonyl (C=O) groups is 4. The molecule has 0 saturated carbocycles.